The Morgan fingerprint density at radius 1 is 1.32 bits per heavy atom. The molecule has 1 N–H and O–H groups in total. The number of carboxylic acid groups (broad SMARTS) is 1. The van der Waals surface area contributed by atoms with Gasteiger partial charge in [0.1, 0.15) is 5.65 Å². The molecule has 3 rings (SSSR count). The van der Waals surface area contributed by atoms with Gasteiger partial charge < -0.3 is 9.51 Å². The molecule has 0 radical (unpaired) electrons. The van der Waals surface area contributed by atoms with Crippen LogP contribution in [0.3, 0.4) is 0 Å². The first-order chi connectivity index (χ1) is 9.17. The van der Waals surface area contributed by atoms with Crippen LogP contribution in [-0.4, -0.2) is 20.5 Å². The van der Waals surface area contributed by atoms with Crippen LogP contribution in [0.4, 0.5) is 0 Å². The zero-order valence-corrected chi connectivity index (χ0v) is 11.1. The summed E-state index contributed by atoms with van der Waals surface area (Å²) in [7, 11) is 0. The van der Waals surface area contributed by atoms with E-state index in [0.29, 0.717) is 0 Å². The minimum absolute atomic E-state index is 0.261. The molecule has 0 unspecified atom stereocenters. The average Bonchev–Trinajstić information content (AvgIpc) is 3.03. The summed E-state index contributed by atoms with van der Waals surface area (Å²) >= 11 is 1.72. The molecule has 0 aliphatic rings. The van der Waals surface area contributed by atoms with E-state index in [4.69, 9.17) is 5.11 Å². The zero-order chi connectivity index (χ0) is 13.4. The summed E-state index contributed by atoms with van der Waals surface area (Å²) in [6.07, 6.45) is 4.47. The molecule has 5 heteroatoms. The Morgan fingerprint density at radius 2 is 2.16 bits per heavy atom. The molecule has 4 nitrogen and oxygen atoms in total. The van der Waals surface area contributed by atoms with Crippen LogP contribution in [0, 0.1) is 0 Å². The number of fused-ring (bicyclic) bond motifs is 1. The minimum Gasteiger partial charge on any atom is -0.478 e. The van der Waals surface area contributed by atoms with Gasteiger partial charge in [0.05, 0.1) is 16.1 Å². The van der Waals surface area contributed by atoms with Crippen LogP contribution < -0.4 is 0 Å². The summed E-state index contributed by atoms with van der Waals surface area (Å²) in [5, 5.41) is 8.97. The van der Waals surface area contributed by atoms with Gasteiger partial charge in [-0.15, -0.1) is 11.3 Å². The van der Waals surface area contributed by atoms with E-state index >= 15 is 0 Å². The zero-order valence-electron chi connectivity index (χ0n) is 10.3. The summed E-state index contributed by atoms with van der Waals surface area (Å²) in [6.45, 7) is 2.12. The molecule has 0 fully saturated rings. The Kier molecular flexibility index (Phi) is 2.83. The SMILES string of the molecule is CCc1ccc(-c2cn3cc(C(=O)O)ccc3n2)s1. The number of rotatable bonds is 3. The van der Waals surface area contributed by atoms with Crippen molar-refractivity contribution in [1.82, 2.24) is 9.38 Å². The van der Waals surface area contributed by atoms with Gasteiger partial charge in [0, 0.05) is 17.3 Å². The van der Waals surface area contributed by atoms with Gasteiger partial charge >= 0.3 is 5.97 Å². The van der Waals surface area contributed by atoms with Crippen LogP contribution in [-0.2, 0) is 6.42 Å². The predicted molar refractivity (Wildman–Crippen MR) is 74.8 cm³/mol. The van der Waals surface area contributed by atoms with Crippen molar-refractivity contribution >= 4 is 23.0 Å². The van der Waals surface area contributed by atoms with Crippen molar-refractivity contribution in [2.24, 2.45) is 0 Å². The third kappa shape index (κ3) is 2.13. The molecule has 0 bridgehead atoms. The predicted octanol–water partition coefficient (Wildman–Crippen LogP) is 3.32. The van der Waals surface area contributed by atoms with E-state index in [1.165, 1.54) is 4.88 Å². The molecule has 0 atom stereocenters. The number of thiophene rings is 1. The van der Waals surface area contributed by atoms with E-state index in [2.05, 4.69) is 24.0 Å². The van der Waals surface area contributed by atoms with Gasteiger partial charge in [-0.1, -0.05) is 6.92 Å². The number of hydrogen-bond donors (Lipinski definition) is 1. The van der Waals surface area contributed by atoms with E-state index in [0.717, 1.165) is 22.6 Å². The number of carboxylic acids is 1. The van der Waals surface area contributed by atoms with Gasteiger partial charge in [-0.3, -0.25) is 0 Å². The highest BCUT2D eigenvalue weighted by molar-refractivity contribution is 7.15. The molecule has 3 aromatic heterocycles. The first-order valence-electron chi connectivity index (χ1n) is 5.98. The number of aryl methyl sites for hydroxylation is 1. The first kappa shape index (κ1) is 11.9. The molecule has 0 spiro atoms. The van der Waals surface area contributed by atoms with Crippen LogP contribution in [0.25, 0.3) is 16.2 Å². The van der Waals surface area contributed by atoms with Crippen molar-refractivity contribution in [3.8, 4) is 10.6 Å². The molecule has 0 aliphatic carbocycles. The lowest BCUT2D eigenvalue weighted by molar-refractivity contribution is 0.0696. The standard InChI is InChI=1S/C14H12N2O2S/c1-2-10-4-5-12(19-10)11-8-16-7-9(14(17)18)3-6-13(16)15-11/h3-8H,2H2,1H3,(H,17,18). The van der Waals surface area contributed by atoms with Crippen LogP contribution in [0.5, 0.6) is 0 Å². The highest BCUT2D eigenvalue weighted by atomic mass is 32.1. The number of pyridine rings is 1. The smallest absolute Gasteiger partial charge is 0.337 e. The summed E-state index contributed by atoms with van der Waals surface area (Å²) < 4.78 is 1.75. The summed E-state index contributed by atoms with van der Waals surface area (Å²) in [6, 6.07) is 7.46. The Morgan fingerprint density at radius 3 is 2.84 bits per heavy atom. The number of imidazole rings is 1. The number of hydrogen-bond acceptors (Lipinski definition) is 3. The first-order valence-corrected chi connectivity index (χ1v) is 6.80. The van der Waals surface area contributed by atoms with Crippen molar-refractivity contribution in [1.29, 1.82) is 0 Å². The lowest BCUT2D eigenvalue weighted by atomic mass is 10.3. The normalized spacial score (nSPS) is 11.0. The Hall–Kier alpha value is -2.14. The summed E-state index contributed by atoms with van der Waals surface area (Å²) in [5.41, 5.74) is 1.90. The molecule has 3 aromatic rings. The molecule has 19 heavy (non-hydrogen) atoms. The fourth-order valence-corrected chi connectivity index (χ4v) is 2.84. The largest absolute Gasteiger partial charge is 0.478 e. The highest BCUT2D eigenvalue weighted by Gasteiger charge is 2.09. The van der Waals surface area contributed by atoms with Crippen LogP contribution >= 0.6 is 11.3 Å². The second kappa shape index (κ2) is 4.51. The fourth-order valence-electron chi connectivity index (χ4n) is 1.94. The molecule has 0 saturated heterocycles. The second-order valence-corrected chi connectivity index (χ2v) is 5.40. The van der Waals surface area contributed by atoms with Crippen LogP contribution in [0.1, 0.15) is 22.2 Å². The van der Waals surface area contributed by atoms with Crippen molar-refractivity contribution < 1.29 is 9.90 Å². The third-order valence-electron chi connectivity index (χ3n) is 2.96. The molecule has 0 amide bonds. The topological polar surface area (TPSA) is 54.6 Å². The molecule has 0 aromatic carbocycles. The van der Waals surface area contributed by atoms with Crippen LogP contribution in [0.2, 0.25) is 0 Å². The van der Waals surface area contributed by atoms with E-state index in [1.54, 1.807) is 34.1 Å². The quantitative estimate of drug-likeness (QED) is 0.795. The second-order valence-electron chi connectivity index (χ2n) is 4.23. The van der Waals surface area contributed by atoms with E-state index < -0.39 is 5.97 Å². The molecule has 0 saturated carbocycles. The molecular weight excluding hydrogens is 260 g/mol. The number of carbonyl (C=O) groups is 1. The number of nitrogens with zero attached hydrogens (tertiary/aromatic N) is 2. The maximum Gasteiger partial charge on any atom is 0.337 e. The molecule has 96 valence electrons. The maximum absolute atomic E-state index is 10.9. The van der Waals surface area contributed by atoms with E-state index in [1.807, 2.05) is 6.20 Å². The van der Waals surface area contributed by atoms with Gasteiger partial charge in [-0.2, -0.15) is 0 Å². The van der Waals surface area contributed by atoms with Crippen molar-refractivity contribution in [3.63, 3.8) is 0 Å². The lowest BCUT2D eigenvalue weighted by Gasteiger charge is -1.95. The van der Waals surface area contributed by atoms with Gasteiger partial charge in [0.15, 0.2) is 0 Å². The van der Waals surface area contributed by atoms with Crippen LogP contribution in [0.15, 0.2) is 36.7 Å². The summed E-state index contributed by atoms with van der Waals surface area (Å²) in [4.78, 5) is 17.9. The fraction of sp³-hybridized carbons (Fsp3) is 0.143. The third-order valence-corrected chi connectivity index (χ3v) is 4.21. The van der Waals surface area contributed by atoms with E-state index in [-0.39, 0.29) is 5.56 Å². The van der Waals surface area contributed by atoms with Crippen molar-refractivity contribution in [3.05, 3.63) is 47.1 Å². The molecular formula is C14H12N2O2S. The Bertz CT molecular complexity index is 758. The monoisotopic (exact) mass is 272 g/mol. The van der Waals surface area contributed by atoms with Gasteiger partial charge in [0.2, 0.25) is 0 Å². The van der Waals surface area contributed by atoms with Crippen molar-refractivity contribution in [2.45, 2.75) is 13.3 Å². The van der Waals surface area contributed by atoms with Gasteiger partial charge in [0.25, 0.3) is 0 Å². The van der Waals surface area contributed by atoms with Gasteiger partial charge in [-0.25, -0.2) is 9.78 Å². The van der Waals surface area contributed by atoms with E-state index in [9.17, 15) is 4.79 Å². The summed E-state index contributed by atoms with van der Waals surface area (Å²) in [5.74, 6) is -0.929. The molecule has 3 heterocycles. The molecule has 0 aliphatic heterocycles. The average molecular weight is 272 g/mol. The van der Waals surface area contributed by atoms with Gasteiger partial charge in [-0.05, 0) is 30.7 Å². The number of aromatic carboxylic acids is 1. The Balaban J connectivity index is 2.08. The highest BCUT2D eigenvalue weighted by Crippen LogP contribution is 2.28. The number of aromatic nitrogens is 2. The minimum atomic E-state index is -0.929. The Labute approximate surface area is 114 Å². The van der Waals surface area contributed by atoms with Crippen molar-refractivity contribution in [2.75, 3.05) is 0 Å². The maximum atomic E-state index is 10.9. The lowest BCUT2D eigenvalue weighted by Crippen LogP contribution is -1.97.